The number of fused-ring (bicyclic) bond motifs is 1. The van der Waals surface area contributed by atoms with Gasteiger partial charge in [0.05, 0.1) is 11.1 Å². The molecule has 0 unspecified atom stereocenters. The van der Waals surface area contributed by atoms with Crippen LogP contribution in [-0.2, 0) is 0 Å². The molecule has 9 heteroatoms. The van der Waals surface area contributed by atoms with E-state index >= 15 is 0 Å². The average molecular weight is 319 g/mol. The second kappa shape index (κ2) is 4.88. The molecule has 3 heterocycles. The number of hydrogen-bond acceptors (Lipinski definition) is 8. The van der Waals surface area contributed by atoms with E-state index < -0.39 is 6.09 Å². The van der Waals surface area contributed by atoms with Crippen LogP contribution in [-0.4, -0.2) is 16.1 Å². The third kappa shape index (κ3) is 2.21. The van der Waals surface area contributed by atoms with Crippen LogP contribution in [0.2, 0.25) is 0 Å². The van der Waals surface area contributed by atoms with Gasteiger partial charge < -0.3 is 26.4 Å². The summed E-state index contributed by atoms with van der Waals surface area (Å²) in [6.07, 6.45) is -0.953. The molecule has 0 spiro atoms. The number of thiophene rings is 1. The summed E-state index contributed by atoms with van der Waals surface area (Å²) in [6.45, 7) is 3.77. The number of nitrogens with two attached hydrogens (primary N) is 3. The van der Waals surface area contributed by atoms with Crippen molar-refractivity contribution in [3.8, 4) is 16.5 Å². The molecule has 0 atom stereocenters. The number of primary amides is 1. The maximum absolute atomic E-state index is 10.9. The zero-order valence-electron chi connectivity index (χ0n) is 11.8. The topological polar surface area (TPSA) is 143 Å². The summed E-state index contributed by atoms with van der Waals surface area (Å²) in [5, 5.41) is 0.674. The van der Waals surface area contributed by atoms with Gasteiger partial charge in [-0.15, -0.1) is 0 Å². The molecule has 3 aromatic rings. The predicted octanol–water partition coefficient (Wildman–Crippen LogP) is 2.19. The fourth-order valence-corrected chi connectivity index (χ4v) is 3.01. The van der Waals surface area contributed by atoms with Crippen LogP contribution in [0.3, 0.4) is 0 Å². The Morgan fingerprint density at radius 2 is 2.05 bits per heavy atom. The third-order valence-electron chi connectivity index (χ3n) is 3.16. The molecule has 0 bridgehead atoms. The van der Waals surface area contributed by atoms with Crippen LogP contribution >= 0.6 is 11.3 Å². The Labute approximate surface area is 128 Å². The monoisotopic (exact) mass is 319 g/mol. The summed E-state index contributed by atoms with van der Waals surface area (Å²) in [7, 11) is 0. The predicted molar refractivity (Wildman–Crippen MR) is 83.6 cm³/mol. The SMILES string of the molecule is Cc1cc(-c2nc(N)nc3sc(OC(N)=O)c(N)c23)oc1C. The number of nitrogen functional groups attached to an aromatic ring is 2. The van der Waals surface area contributed by atoms with Gasteiger partial charge in [-0.3, -0.25) is 0 Å². The molecular weight excluding hydrogens is 306 g/mol. The van der Waals surface area contributed by atoms with E-state index in [-0.39, 0.29) is 16.7 Å². The minimum Gasteiger partial charge on any atom is -0.459 e. The fourth-order valence-electron chi connectivity index (χ4n) is 2.05. The molecule has 0 saturated heterocycles. The van der Waals surface area contributed by atoms with E-state index in [4.69, 9.17) is 26.4 Å². The highest BCUT2D eigenvalue weighted by Gasteiger charge is 2.21. The summed E-state index contributed by atoms with van der Waals surface area (Å²) in [5.74, 6) is 1.35. The standard InChI is InChI=1S/C13H13N5O3S/c1-4-3-6(20-5(4)2)9-7-8(14)11(21-13(16)19)22-10(7)18-12(15)17-9/h3H,14H2,1-2H3,(H2,16,19)(H2,15,17,18). The Balaban J connectivity index is 2.29. The van der Waals surface area contributed by atoms with Crippen molar-refractivity contribution in [1.29, 1.82) is 0 Å². The van der Waals surface area contributed by atoms with E-state index in [0.717, 1.165) is 22.7 Å². The lowest BCUT2D eigenvalue weighted by atomic mass is 10.2. The van der Waals surface area contributed by atoms with E-state index in [1.807, 2.05) is 19.9 Å². The Bertz CT molecular complexity index is 879. The maximum Gasteiger partial charge on any atom is 0.410 e. The van der Waals surface area contributed by atoms with E-state index in [9.17, 15) is 4.79 Å². The minimum atomic E-state index is -0.953. The molecule has 6 N–H and O–H groups in total. The van der Waals surface area contributed by atoms with Gasteiger partial charge >= 0.3 is 6.09 Å². The van der Waals surface area contributed by atoms with E-state index in [1.54, 1.807) is 0 Å². The van der Waals surface area contributed by atoms with Crippen LogP contribution in [0.25, 0.3) is 21.7 Å². The van der Waals surface area contributed by atoms with Crippen LogP contribution in [0.5, 0.6) is 5.06 Å². The lowest BCUT2D eigenvalue weighted by Crippen LogP contribution is -2.16. The van der Waals surface area contributed by atoms with Crippen molar-refractivity contribution in [2.75, 3.05) is 11.5 Å². The molecule has 1 amide bonds. The van der Waals surface area contributed by atoms with Gasteiger partial charge in [0.25, 0.3) is 0 Å². The number of amides is 1. The summed E-state index contributed by atoms with van der Waals surface area (Å²) >= 11 is 1.07. The van der Waals surface area contributed by atoms with Crippen LogP contribution in [0.4, 0.5) is 16.4 Å². The van der Waals surface area contributed by atoms with Crippen LogP contribution < -0.4 is 21.9 Å². The maximum atomic E-state index is 10.9. The van der Waals surface area contributed by atoms with Gasteiger partial charge in [-0.25, -0.2) is 14.8 Å². The highest BCUT2D eigenvalue weighted by Crippen LogP contribution is 2.43. The van der Waals surface area contributed by atoms with E-state index in [2.05, 4.69) is 9.97 Å². The smallest absolute Gasteiger partial charge is 0.410 e. The number of carbonyl (C=O) groups excluding carboxylic acids is 1. The Hall–Kier alpha value is -2.81. The first-order chi connectivity index (χ1) is 10.4. The third-order valence-corrected chi connectivity index (χ3v) is 4.14. The number of aryl methyl sites for hydroxylation is 2. The summed E-state index contributed by atoms with van der Waals surface area (Å²) in [4.78, 5) is 19.7. The van der Waals surface area contributed by atoms with Crippen molar-refractivity contribution in [2.24, 2.45) is 5.73 Å². The summed E-state index contributed by atoms with van der Waals surface area (Å²) in [6, 6.07) is 1.84. The Morgan fingerprint density at radius 3 is 2.64 bits per heavy atom. The molecule has 22 heavy (non-hydrogen) atoms. The van der Waals surface area contributed by atoms with Crippen LogP contribution in [0.1, 0.15) is 11.3 Å². The Morgan fingerprint density at radius 1 is 1.32 bits per heavy atom. The largest absolute Gasteiger partial charge is 0.459 e. The van der Waals surface area contributed by atoms with Gasteiger partial charge in [-0.1, -0.05) is 11.3 Å². The van der Waals surface area contributed by atoms with Crippen molar-refractivity contribution in [3.63, 3.8) is 0 Å². The summed E-state index contributed by atoms with van der Waals surface area (Å²) < 4.78 is 10.6. The molecular formula is C13H13N5O3S. The number of carbonyl (C=O) groups is 1. The Kier molecular flexibility index (Phi) is 3.14. The number of anilines is 2. The first kappa shape index (κ1) is 14.1. The second-order valence-corrected chi connectivity index (χ2v) is 5.65. The minimum absolute atomic E-state index is 0.0704. The quantitative estimate of drug-likeness (QED) is 0.656. The zero-order chi connectivity index (χ0) is 16.0. The van der Waals surface area contributed by atoms with Crippen molar-refractivity contribution in [2.45, 2.75) is 13.8 Å². The zero-order valence-corrected chi connectivity index (χ0v) is 12.7. The molecule has 0 saturated carbocycles. The molecule has 3 aromatic heterocycles. The van der Waals surface area contributed by atoms with Crippen LogP contribution in [0.15, 0.2) is 10.5 Å². The number of rotatable bonds is 2. The molecule has 0 radical (unpaired) electrons. The number of nitrogens with zero attached hydrogens (tertiary/aromatic N) is 2. The normalized spacial score (nSPS) is 11.0. The van der Waals surface area contributed by atoms with Crippen molar-refractivity contribution in [3.05, 3.63) is 17.4 Å². The highest BCUT2D eigenvalue weighted by atomic mass is 32.1. The fraction of sp³-hybridized carbons (Fsp3) is 0.154. The summed E-state index contributed by atoms with van der Waals surface area (Å²) in [5.41, 5.74) is 18.4. The first-order valence-corrected chi connectivity index (χ1v) is 7.08. The average Bonchev–Trinajstić information content (AvgIpc) is 2.90. The number of furan rings is 1. The van der Waals surface area contributed by atoms with Gasteiger partial charge in [-0.2, -0.15) is 0 Å². The van der Waals surface area contributed by atoms with Gasteiger partial charge in [0, 0.05) is 0 Å². The van der Waals surface area contributed by atoms with Gasteiger partial charge in [0.2, 0.25) is 11.0 Å². The molecule has 0 fully saturated rings. The number of ether oxygens (including phenoxy) is 1. The van der Waals surface area contributed by atoms with Crippen molar-refractivity contribution < 1.29 is 13.9 Å². The number of aromatic nitrogens is 2. The molecule has 0 aliphatic heterocycles. The molecule has 0 aliphatic carbocycles. The lowest BCUT2D eigenvalue weighted by molar-refractivity contribution is 0.212. The molecule has 114 valence electrons. The van der Waals surface area contributed by atoms with Crippen molar-refractivity contribution in [1.82, 2.24) is 9.97 Å². The van der Waals surface area contributed by atoms with Crippen LogP contribution in [0, 0.1) is 13.8 Å². The molecule has 3 rings (SSSR count). The second-order valence-electron chi connectivity index (χ2n) is 4.68. The molecule has 0 aromatic carbocycles. The lowest BCUT2D eigenvalue weighted by Gasteiger charge is -2.02. The first-order valence-electron chi connectivity index (χ1n) is 6.27. The van der Waals surface area contributed by atoms with E-state index in [1.165, 1.54) is 0 Å². The van der Waals surface area contributed by atoms with Crippen molar-refractivity contribution >= 4 is 39.3 Å². The molecule has 8 nitrogen and oxygen atoms in total. The number of hydrogen-bond donors (Lipinski definition) is 3. The van der Waals surface area contributed by atoms with Gasteiger partial charge in [0.1, 0.15) is 16.3 Å². The highest BCUT2D eigenvalue weighted by molar-refractivity contribution is 7.21. The van der Waals surface area contributed by atoms with E-state index in [0.29, 0.717) is 21.7 Å². The molecule has 0 aliphatic rings. The van der Waals surface area contributed by atoms with Gasteiger partial charge in [-0.05, 0) is 25.5 Å². The van der Waals surface area contributed by atoms with Gasteiger partial charge in [0.15, 0.2) is 5.76 Å².